The van der Waals surface area contributed by atoms with Crippen molar-refractivity contribution in [2.45, 2.75) is 118 Å². The van der Waals surface area contributed by atoms with Gasteiger partial charge in [-0.15, -0.1) is 11.8 Å². The lowest BCUT2D eigenvalue weighted by atomic mass is 9.92. The van der Waals surface area contributed by atoms with Crippen molar-refractivity contribution in [2.24, 2.45) is 0 Å². The summed E-state index contributed by atoms with van der Waals surface area (Å²) >= 11 is 1.42. The van der Waals surface area contributed by atoms with Gasteiger partial charge in [-0.2, -0.15) is 0 Å². The standard InChI is InChI=1S/C43H55NO9S2Si/c1-42(2,3)55(48)44-33-27-19-18-26-32(28-49-56(7,8)43(4,5)6)54-41-37(52-40(47)31-24-16-11-17-25-31)36(51-39(46)30-22-14-10-15-23-30)35(34(33)53-41)50-38(45)29-20-12-9-13-21-29/h9-25,32-37,41,44H,26-28H2,1-8H3/b19-18-/t32?,33-,34-,35+,36+,37-,41-,55-/m1/s1. The summed E-state index contributed by atoms with van der Waals surface area (Å²) < 4.78 is 49.1. The van der Waals surface area contributed by atoms with Crippen LogP contribution in [0.1, 0.15) is 85.5 Å². The van der Waals surface area contributed by atoms with Gasteiger partial charge in [0.05, 0.1) is 38.5 Å². The van der Waals surface area contributed by atoms with Gasteiger partial charge in [-0.3, -0.25) is 0 Å². The molecular formula is C43H55NO9S2Si. The fourth-order valence-electron chi connectivity index (χ4n) is 5.89. The second kappa shape index (κ2) is 18.8. The number of hydrogen-bond acceptors (Lipinski definition) is 10. The van der Waals surface area contributed by atoms with Crippen molar-refractivity contribution in [3.05, 3.63) is 120 Å². The summed E-state index contributed by atoms with van der Waals surface area (Å²) in [5, 5.41) is -0.191. The smallest absolute Gasteiger partial charge is 0.338 e. The third-order valence-corrected chi connectivity index (χ3v) is 17.7. The summed E-state index contributed by atoms with van der Waals surface area (Å²) in [6, 6.07) is 24.8. The van der Waals surface area contributed by atoms with E-state index >= 15 is 0 Å². The zero-order valence-corrected chi connectivity index (χ0v) is 36.1. The van der Waals surface area contributed by atoms with E-state index in [4.69, 9.17) is 23.4 Å². The summed E-state index contributed by atoms with van der Waals surface area (Å²) in [6.07, 6.45) is 0.0808. The largest absolute Gasteiger partial charge is 0.452 e. The van der Waals surface area contributed by atoms with Crippen LogP contribution in [0.2, 0.25) is 18.1 Å². The van der Waals surface area contributed by atoms with Crippen LogP contribution in [0, 0.1) is 0 Å². The average molecular weight is 822 g/mol. The molecular weight excluding hydrogens is 767 g/mol. The monoisotopic (exact) mass is 821 g/mol. The third-order valence-electron chi connectivity index (χ3n) is 10.2. The van der Waals surface area contributed by atoms with Crippen molar-refractivity contribution >= 4 is 49.0 Å². The first-order valence-electron chi connectivity index (χ1n) is 19.0. The highest BCUT2D eigenvalue weighted by atomic mass is 32.2. The Bertz CT molecular complexity index is 1830. The zero-order valence-electron chi connectivity index (χ0n) is 33.5. The Labute approximate surface area is 339 Å². The van der Waals surface area contributed by atoms with Gasteiger partial charge in [-0.25, -0.2) is 23.3 Å². The molecule has 56 heavy (non-hydrogen) atoms. The van der Waals surface area contributed by atoms with Crippen LogP contribution in [0.3, 0.4) is 0 Å². The van der Waals surface area contributed by atoms with E-state index in [0.29, 0.717) is 19.4 Å². The van der Waals surface area contributed by atoms with Crippen molar-refractivity contribution in [1.29, 1.82) is 0 Å². The number of rotatable bonds is 11. The van der Waals surface area contributed by atoms with E-state index in [-0.39, 0.29) is 27.0 Å². The Hall–Kier alpha value is -3.59. The Morgan fingerprint density at radius 2 is 1.16 bits per heavy atom. The van der Waals surface area contributed by atoms with E-state index in [1.165, 1.54) is 11.8 Å². The van der Waals surface area contributed by atoms with E-state index in [2.05, 4.69) is 44.7 Å². The van der Waals surface area contributed by atoms with Gasteiger partial charge < -0.3 is 23.4 Å². The number of thioether (sulfide) groups is 1. The molecule has 1 unspecified atom stereocenters. The molecule has 1 fully saturated rings. The van der Waals surface area contributed by atoms with Gasteiger partial charge in [-0.1, -0.05) is 87.5 Å². The molecule has 0 aromatic heterocycles. The van der Waals surface area contributed by atoms with Gasteiger partial charge in [0.1, 0.15) is 11.5 Å². The van der Waals surface area contributed by atoms with Crippen LogP contribution in [0.15, 0.2) is 103 Å². The third kappa shape index (κ3) is 11.3. The maximum absolute atomic E-state index is 14.0. The first-order valence-corrected chi connectivity index (χ1v) is 24.0. The van der Waals surface area contributed by atoms with E-state index in [1.807, 2.05) is 26.8 Å². The second-order valence-electron chi connectivity index (χ2n) is 16.6. The predicted octanol–water partition coefficient (Wildman–Crippen LogP) is 8.28. The van der Waals surface area contributed by atoms with Gasteiger partial charge in [0.15, 0.2) is 26.6 Å². The summed E-state index contributed by atoms with van der Waals surface area (Å²) in [4.78, 5) is 42.0. The molecule has 0 radical (unpaired) electrons. The van der Waals surface area contributed by atoms with Crippen LogP contribution in [0.4, 0.5) is 0 Å². The highest BCUT2D eigenvalue weighted by molar-refractivity contribution is 8.00. The SMILES string of the molecule is CC(C)(C)[S@@](=O)N[C@@H]1C/C=C\CC(CO[Si](C)(C)C(C)(C)C)S[C@H]2O[C@H]1[C@H](OC(=O)c1ccccc1)[C@H](OC(=O)c1ccccc1)[C@H]2OC(=O)c1ccccc1. The molecule has 1 N–H and O–H groups in total. The minimum absolute atomic E-state index is 0.0299. The average Bonchev–Trinajstić information content (AvgIpc) is 3.16. The van der Waals surface area contributed by atoms with Crippen LogP contribution in [0.5, 0.6) is 0 Å². The molecule has 5 rings (SSSR count). The molecule has 2 heterocycles. The van der Waals surface area contributed by atoms with E-state index in [0.717, 1.165) is 0 Å². The number of carbonyl (C=O) groups excluding carboxylic acids is 3. The molecule has 3 aromatic rings. The topological polar surface area (TPSA) is 126 Å². The molecule has 13 heteroatoms. The quantitative estimate of drug-likeness (QED) is 0.0874. The van der Waals surface area contributed by atoms with E-state index < -0.39 is 77.9 Å². The fraction of sp³-hybridized carbons (Fsp3) is 0.465. The molecule has 2 aliphatic heterocycles. The Kier molecular flexibility index (Phi) is 14.6. The van der Waals surface area contributed by atoms with Gasteiger partial charge in [0.25, 0.3) is 0 Å². The molecule has 10 nitrogen and oxygen atoms in total. The number of esters is 3. The van der Waals surface area contributed by atoms with Gasteiger partial charge >= 0.3 is 17.9 Å². The van der Waals surface area contributed by atoms with Crippen molar-refractivity contribution in [3.63, 3.8) is 0 Å². The molecule has 3 aromatic carbocycles. The highest BCUT2D eigenvalue weighted by Gasteiger charge is 2.55. The maximum atomic E-state index is 14.0. The minimum atomic E-state index is -2.18. The fourth-order valence-corrected chi connectivity index (χ4v) is 9.22. The van der Waals surface area contributed by atoms with Crippen LogP contribution in [0.25, 0.3) is 0 Å². The number of nitrogens with one attached hydrogen (secondary N) is 1. The van der Waals surface area contributed by atoms with Crippen LogP contribution in [-0.4, -0.2) is 82.9 Å². The Morgan fingerprint density at radius 3 is 1.62 bits per heavy atom. The molecule has 2 aliphatic rings. The van der Waals surface area contributed by atoms with Crippen molar-refractivity contribution < 1.29 is 42.0 Å². The normalized spacial score (nSPS) is 25.6. The second-order valence-corrected chi connectivity index (χ2v) is 24.8. The number of fused-ring (bicyclic) bond motifs is 2. The molecule has 8 atom stereocenters. The van der Waals surface area contributed by atoms with Gasteiger partial charge in [0, 0.05) is 11.9 Å². The minimum Gasteiger partial charge on any atom is -0.452 e. The van der Waals surface area contributed by atoms with Gasteiger partial charge in [0.2, 0.25) is 0 Å². The summed E-state index contributed by atoms with van der Waals surface area (Å²) in [5.41, 5.74) is -0.124. The van der Waals surface area contributed by atoms with Crippen LogP contribution in [-0.2, 0) is 34.4 Å². The van der Waals surface area contributed by atoms with Crippen LogP contribution >= 0.6 is 11.8 Å². The van der Waals surface area contributed by atoms with Crippen molar-refractivity contribution in [1.82, 2.24) is 4.72 Å². The Balaban J connectivity index is 1.65. The number of carbonyl (C=O) groups is 3. The number of ether oxygens (including phenoxy) is 4. The van der Waals surface area contributed by atoms with Crippen molar-refractivity contribution in [2.75, 3.05) is 6.61 Å². The van der Waals surface area contributed by atoms with E-state index in [1.54, 1.807) is 91.0 Å². The van der Waals surface area contributed by atoms with E-state index in [9.17, 15) is 18.6 Å². The van der Waals surface area contributed by atoms with Gasteiger partial charge in [-0.05, 0) is 88.1 Å². The number of allylic oxidation sites excluding steroid dienone is 1. The number of hydrogen-bond donors (Lipinski definition) is 1. The lowest BCUT2D eigenvalue weighted by molar-refractivity contribution is -0.205. The lowest BCUT2D eigenvalue weighted by Crippen LogP contribution is -2.65. The molecule has 1 saturated heterocycles. The van der Waals surface area contributed by atoms with Crippen LogP contribution < -0.4 is 4.72 Å². The molecule has 0 spiro atoms. The first-order chi connectivity index (χ1) is 26.4. The molecule has 0 saturated carbocycles. The maximum Gasteiger partial charge on any atom is 0.338 e. The molecule has 0 amide bonds. The molecule has 0 aliphatic carbocycles. The molecule has 2 bridgehead atoms. The number of benzene rings is 3. The summed E-state index contributed by atoms with van der Waals surface area (Å²) in [5.74, 6) is -2.06. The predicted molar refractivity (Wildman–Crippen MR) is 223 cm³/mol. The molecule has 302 valence electrons. The van der Waals surface area contributed by atoms with Crippen molar-refractivity contribution in [3.8, 4) is 0 Å². The first kappa shape index (κ1) is 43.5. The lowest BCUT2D eigenvalue weighted by Gasteiger charge is -2.48. The summed E-state index contributed by atoms with van der Waals surface area (Å²) in [7, 11) is -3.75. The summed E-state index contributed by atoms with van der Waals surface area (Å²) in [6.45, 7) is 16.9. The highest BCUT2D eigenvalue weighted by Crippen LogP contribution is 2.41. The Morgan fingerprint density at radius 1 is 0.714 bits per heavy atom. The zero-order chi connectivity index (χ0) is 40.7.